The fourth-order valence-electron chi connectivity index (χ4n) is 2.33. The molecule has 2 heterocycles. The van der Waals surface area contributed by atoms with E-state index in [1.807, 2.05) is 0 Å². The molecule has 0 bridgehead atoms. The normalized spacial score (nSPS) is 24.7. The summed E-state index contributed by atoms with van der Waals surface area (Å²) in [5, 5.41) is 18.9. The molecule has 3 N–H and O–H groups in total. The van der Waals surface area contributed by atoms with Gasteiger partial charge in [-0.1, -0.05) is 0 Å². The molecule has 1 aromatic heterocycles. The summed E-state index contributed by atoms with van der Waals surface area (Å²) in [7, 11) is 1.20. The number of nitrogens with zero attached hydrogens (tertiary/aromatic N) is 1. The second kappa shape index (κ2) is 7.36. The zero-order chi connectivity index (χ0) is 17.0. The molecule has 1 saturated heterocycles. The topological polar surface area (TPSA) is 131 Å². The molecule has 0 spiro atoms. The number of aromatic amines is 1. The van der Waals surface area contributed by atoms with Gasteiger partial charge in [0.2, 0.25) is 0 Å². The van der Waals surface area contributed by atoms with Gasteiger partial charge in [-0.2, -0.15) is 0 Å². The number of hydrogen-bond acceptors (Lipinski definition) is 7. The Kier molecular flexibility index (Phi) is 5.48. The number of methoxy groups -OCH3 is 1. The number of rotatable bonds is 4. The summed E-state index contributed by atoms with van der Waals surface area (Å²) < 4.78 is 11.0. The van der Waals surface area contributed by atoms with E-state index in [4.69, 9.17) is 9.84 Å². The average molecular weight is 326 g/mol. The van der Waals surface area contributed by atoms with E-state index in [2.05, 4.69) is 9.72 Å². The van der Waals surface area contributed by atoms with Crippen LogP contribution in [0.25, 0.3) is 6.08 Å². The monoisotopic (exact) mass is 326 g/mol. The SMILES string of the molecule is COC(=O)/C=C/c1cn([C@@H]2CO[C@H](CO)[C@@H](O)C2)c(=O)[nH]c1=O. The Balaban J connectivity index is 2.29. The maximum atomic E-state index is 11.9. The lowest BCUT2D eigenvalue weighted by molar-refractivity contribution is -0.134. The Morgan fingerprint density at radius 2 is 2.30 bits per heavy atom. The molecule has 0 radical (unpaired) electrons. The van der Waals surface area contributed by atoms with E-state index >= 15 is 0 Å². The van der Waals surface area contributed by atoms with E-state index in [0.717, 1.165) is 6.08 Å². The van der Waals surface area contributed by atoms with Crippen LogP contribution in [0.2, 0.25) is 0 Å². The number of nitrogens with one attached hydrogen (secondary N) is 1. The summed E-state index contributed by atoms with van der Waals surface area (Å²) in [5.41, 5.74) is -1.20. The van der Waals surface area contributed by atoms with Gasteiger partial charge in [0.1, 0.15) is 6.10 Å². The molecular formula is C14H18N2O7. The van der Waals surface area contributed by atoms with Crippen molar-refractivity contribution in [2.24, 2.45) is 0 Å². The van der Waals surface area contributed by atoms with Crippen molar-refractivity contribution in [2.45, 2.75) is 24.7 Å². The molecule has 0 unspecified atom stereocenters. The van der Waals surface area contributed by atoms with Crippen LogP contribution in [0.4, 0.5) is 0 Å². The van der Waals surface area contributed by atoms with E-state index < -0.39 is 35.5 Å². The first kappa shape index (κ1) is 17.1. The Labute approximate surface area is 130 Å². The molecular weight excluding hydrogens is 308 g/mol. The van der Waals surface area contributed by atoms with Crippen molar-refractivity contribution in [3.05, 3.63) is 38.7 Å². The van der Waals surface area contributed by atoms with E-state index in [9.17, 15) is 19.5 Å². The Hall–Kier alpha value is -2.23. The third-order valence-electron chi connectivity index (χ3n) is 3.61. The number of aromatic nitrogens is 2. The van der Waals surface area contributed by atoms with Crippen molar-refractivity contribution in [2.75, 3.05) is 20.3 Å². The lowest BCUT2D eigenvalue weighted by Crippen LogP contribution is -2.44. The predicted octanol–water partition coefficient (Wildman–Crippen LogP) is -1.59. The van der Waals surface area contributed by atoms with Crippen LogP contribution in [0, 0.1) is 0 Å². The molecule has 2 rings (SSSR count). The van der Waals surface area contributed by atoms with Crippen molar-refractivity contribution in [1.29, 1.82) is 0 Å². The van der Waals surface area contributed by atoms with Crippen LogP contribution in [0.5, 0.6) is 0 Å². The molecule has 0 aromatic carbocycles. The highest BCUT2D eigenvalue weighted by atomic mass is 16.5. The Morgan fingerprint density at radius 3 is 2.91 bits per heavy atom. The minimum Gasteiger partial charge on any atom is -0.466 e. The maximum absolute atomic E-state index is 11.9. The van der Waals surface area contributed by atoms with E-state index in [1.54, 1.807) is 0 Å². The van der Waals surface area contributed by atoms with E-state index in [1.165, 1.54) is 23.9 Å². The molecule has 0 saturated carbocycles. The smallest absolute Gasteiger partial charge is 0.330 e. The molecule has 0 aliphatic carbocycles. The highest BCUT2D eigenvalue weighted by Gasteiger charge is 2.31. The summed E-state index contributed by atoms with van der Waals surface area (Å²) in [5.74, 6) is -0.635. The number of carbonyl (C=O) groups excluding carboxylic acids is 1. The minimum atomic E-state index is -0.924. The summed E-state index contributed by atoms with van der Waals surface area (Å²) in [6.07, 6.45) is 2.16. The first-order valence-electron chi connectivity index (χ1n) is 6.98. The van der Waals surface area contributed by atoms with Gasteiger partial charge < -0.3 is 19.7 Å². The summed E-state index contributed by atoms with van der Waals surface area (Å²) >= 11 is 0. The third-order valence-corrected chi connectivity index (χ3v) is 3.61. The molecule has 3 atom stereocenters. The lowest BCUT2D eigenvalue weighted by Gasteiger charge is -2.33. The van der Waals surface area contributed by atoms with Gasteiger partial charge in [0.05, 0.1) is 38.0 Å². The Morgan fingerprint density at radius 1 is 1.57 bits per heavy atom. The molecule has 23 heavy (non-hydrogen) atoms. The van der Waals surface area contributed by atoms with Crippen LogP contribution in [0.1, 0.15) is 18.0 Å². The molecule has 9 heteroatoms. The van der Waals surface area contributed by atoms with Gasteiger partial charge in [-0.25, -0.2) is 9.59 Å². The number of hydrogen-bond donors (Lipinski definition) is 3. The second-order valence-corrected chi connectivity index (χ2v) is 5.12. The van der Waals surface area contributed by atoms with Gasteiger partial charge in [0, 0.05) is 12.3 Å². The number of H-pyrrole nitrogens is 1. The van der Waals surface area contributed by atoms with Crippen molar-refractivity contribution in [3.63, 3.8) is 0 Å². The first-order valence-corrected chi connectivity index (χ1v) is 6.98. The summed E-state index contributed by atoms with van der Waals surface area (Å²) in [4.78, 5) is 36.9. The highest BCUT2D eigenvalue weighted by Crippen LogP contribution is 2.22. The van der Waals surface area contributed by atoms with Crippen LogP contribution in [-0.4, -0.2) is 58.3 Å². The largest absolute Gasteiger partial charge is 0.466 e. The molecule has 1 aliphatic rings. The van der Waals surface area contributed by atoms with Crippen molar-refractivity contribution < 1.29 is 24.5 Å². The average Bonchev–Trinajstić information content (AvgIpc) is 2.53. The van der Waals surface area contributed by atoms with Crippen molar-refractivity contribution in [3.8, 4) is 0 Å². The van der Waals surface area contributed by atoms with Crippen LogP contribution in [0.15, 0.2) is 21.9 Å². The number of aliphatic hydroxyl groups is 2. The fourth-order valence-corrected chi connectivity index (χ4v) is 2.33. The third kappa shape index (κ3) is 3.95. The molecule has 126 valence electrons. The lowest BCUT2D eigenvalue weighted by atomic mass is 10.0. The van der Waals surface area contributed by atoms with Gasteiger partial charge in [0.15, 0.2) is 0 Å². The fraction of sp³-hybridized carbons (Fsp3) is 0.500. The zero-order valence-electron chi connectivity index (χ0n) is 12.5. The van der Waals surface area contributed by atoms with Crippen LogP contribution in [-0.2, 0) is 14.3 Å². The number of esters is 1. The summed E-state index contributed by atoms with van der Waals surface area (Å²) in [6.45, 7) is -0.212. The standard InChI is InChI=1S/C14H18N2O7/c1-22-12(19)3-2-8-5-16(14(21)15-13(8)20)9-4-10(18)11(6-17)23-7-9/h2-3,5,9-11,17-18H,4,6-7H2,1H3,(H,15,20,21)/b3-2+/t9-,10-,11+/m0/s1. The van der Waals surface area contributed by atoms with Gasteiger partial charge in [-0.15, -0.1) is 0 Å². The van der Waals surface area contributed by atoms with Gasteiger partial charge in [-0.3, -0.25) is 14.3 Å². The number of ether oxygens (including phenoxy) is 2. The molecule has 1 fully saturated rings. The second-order valence-electron chi connectivity index (χ2n) is 5.12. The minimum absolute atomic E-state index is 0.0915. The first-order chi connectivity index (χ1) is 11.0. The van der Waals surface area contributed by atoms with E-state index in [-0.39, 0.29) is 25.2 Å². The van der Waals surface area contributed by atoms with Crippen molar-refractivity contribution >= 4 is 12.0 Å². The molecule has 1 aliphatic heterocycles. The van der Waals surface area contributed by atoms with Gasteiger partial charge in [-0.05, 0) is 12.5 Å². The van der Waals surface area contributed by atoms with Crippen LogP contribution >= 0.6 is 0 Å². The molecule has 0 amide bonds. The van der Waals surface area contributed by atoms with Crippen molar-refractivity contribution in [1.82, 2.24) is 9.55 Å². The summed E-state index contributed by atoms with van der Waals surface area (Å²) in [6, 6.07) is -0.498. The van der Waals surface area contributed by atoms with E-state index in [0.29, 0.717) is 0 Å². The quantitative estimate of drug-likeness (QED) is 0.449. The molecule has 9 nitrogen and oxygen atoms in total. The predicted molar refractivity (Wildman–Crippen MR) is 78.9 cm³/mol. The highest BCUT2D eigenvalue weighted by molar-refractivity contribution is 5.86. The number of aliphatic hydroxyl groups excluding tert-OH is 2. The maximum Gasteiger partial charge on any atom is 0.330 e. The number of carbonyl (C=O) groups is 1. The van der Waals surface area contributed by atoms with Crippen LogP contribution < -0.4 is 11.2 Å². The zero-order valence-corrected chi connectivity index (χ0v) is 12.5. The van der Waals surface area contributed by atoms with Crippen LogP contribution in [0.3, 0.4) is 0 Å². The Bertz CT molecular complexity index is 706. The van der Waals surface area contributed by atoms with Gasteiger partial charge in [0.25, 0.3) is 5.56 Å². The van der Waals surface area contributed by atoms with Gasteiger partial charge >= 0.3 is 11.7 Å². The molecule has 1 aromatic rings.